The Morgan fingerprint density at radius 1 is 1.33 bits per heavy atom. The summed E-state index contributed by atoms with van der Waals surface area (Å²) in [6.45, 7) is 4.61. The third kappa shape index (κ3) is 4.00. The standard InChI is InChI=1S/C18H20ClFN6O/c1-10-7-22-16(13-9-24-15-12(13)6-11(19)8-23-15)25-14(10)26-18(2,3)17(27)21-5-4-20/h6-9H,4-5H2,1-3H3,(H,21,27)(H,23,24)(H,22,25,26). The Labute approximate surface area is 160 Å². The number of H-pyrrole nitrogens is 1. The topological polar surface area (TPSA) is 95.6 Å². The number of hydrogen-bond donors (Lipinski definition) is 3. The summed E-state index contributed by atoms with van der Waals surface area (Å²) in [5, 5.41) is 6.97. The van der Waals surface area contributed by atoms with E-state index in [0.717, 1.165) is 16.5 Å². The highest BCUT2D eigenvalue weighted by molar-refractivity contribution is 6.31. The van der Waals surface area contributed by atoms with Gasteiger partial charge in [-0.25, -0.2) is 19.3 Å². The van der Waals surface area contributed by atoms with Gasteiger partial charge in [0, 0.05) is 41.6 Å². The molecule has 3 N–H and O–H groups in total. The van der Waals surface area contributed by atoms with E-state index in [1.807, 2.05) is 6.92 Å². The molecule has 3 heterocycles. The van der Waals surface area contributed by atoms with Crippen molar-refractivity contribution in [2.45, 2.75) is 26.3 Å². The van der Waals surface area contributed by atoms with E-state index < -0.39 is 12.2 Å². The van der Waals surface area contributed by atoms with Crippen LogP contribution in [0.1, 0.15) is 19.4 Å². The molecule has 0 fully saturated rings. The quantitative estimate of drug-likeness (QED) is 0.600. The smallest absolute Gasteiger partial charge is 0.245 e. The Bertz CT molecular complexity index is 987. The number of carbonyl (C=O) groups is 1. The minimum absolute atomic E-state index is 0.0267. The van der Waals surface area contributed by atoms with Gasteiger partial charge in [-0.3, -0.25) is 4.79 Å². The van der Waals surface area contributed by atoms with Crippen molar-refractivity contribution >= 4 is 34.4 Å². The molecule has 0 radical (unpaired) electrons. The van der Waals surface area contributed by atoms with Crippen LogP contribution in [-0.4, -0.2) is 44.6 Å². The average Bonchev–Trinajstić information content (AvgIpc) is 3.04. The van der Waals surface area contributed by atoms with E-state index in [-0.39, 0.29) is 12.5 Å². The zero-order valence-electron chi connectivity index (χ0n) is 15.2. The predicted octanol–water partition coefficient (Wildman–Crippen LogP) is 3.26. The molecule has 0 aliphatic heterocycles. The molecule has 1 amide bonds. The molecule has 3 aromatic heterocycles. The summed E-state index contributed by atoms with van der Waals surface area (Å²) >= 11 is 6.05. The molecule has 0 saturated heterocycles. The fourth-order valence-corrected chi connectivity index (χ4v) is 2.75. The van der Waals surface area contributed by atoms with Gasteiger partial charge in [0.15, 0.2) is 5.82 Å². The van der Waals surface area contributed by atoms with Crippen LogP contribution in [0, 0.1) is 6.92 Å². The first-order valence-corrected chi connectivity index (χ1v) is 8.78. The lowest BCUT2D eigenvalue weighted by Crippen LogP contribution is -2.48. The number of halogens is 2. The lowest BCUT2D eigenvalue weighted by atomic mass is 10.0. The first kappa shape index (κ1) is 19.0. The highest BCUT2D eigenvalue weighted by Crippen LogP contribution is 2.28. The zero-order chi connectivity index (χ0) is 19.6. The number of hydrogen-bond acceptors (Lipinski definition) is 5. The number of nitrogens with zero attached hydrogens (tertiary/aromatic N) is 3. The maximum Gasteiger partial charge on any atom is 0.245 e. The van der Waals surface area contributed by atoms with Crippen LogP contribution in [0.5, 0.6) is 0 Å². The van der Waals surface area contributed by atoms with Crippen LogP contribution in [0.3, 0.4) is 0 Å². The molecule has 9 heteroatoms. The highest BCUT2D eigenvalue weighted by Gasteiger charge is 2.28. The molecule has 27 heavy (non-hydrogen) atoms. The first-order valence-electron chi connectivity index (χ1n) is 8.41. The van der Waals surface area contributed by atoms with Gasteiger partial charge in [0.25, 0.3) is 0 Å². The predicted molar refractivity (Wildman–Crippen MR) is 104 cm³/mol. The molecule has 0 saturated carbocycles. The molecular weight excluding hydrogens is 371 g/mol. The Morgan fingerprint density at radius 3 is 2.85 bits per heavy atom. The second kappa shape index (κ2) is 7.48. The van der Waals surface area contributed by atoms with Crippen molar-refractivity contribution in [1.82, 2.24) is 25.3 Å². The second-order valence-electron chi connectivity index (χ2n) is 6.67. The average molecular weight is 391 g/mol. The van der Waals surface area contributed by atoms with Gasteiger partial charge < -0.3 is 15.6 Å². The number of aromatic amines is 1. The van der Waals surface area contributed by atoms with Crippen molar-refractivity contribution in [2.24, 2.45) is 0 Å². The fraction of sp³-hybridized carbons (Fsp3) is 0.333. The number of aryl methyl sites for hydroxylation is 1. The fourth-order valence-electron chi connectivity index (χ4n) is 2.60. The first-order chi connectivity index (χ1) is 12.8. The maximum atomic E-state index is 12.3. The van der Waals surface area contributed by atoms with E-state index in [0.29, 0.717) is 22.3 Å². The summed E-state index contributed by atoms with van der Waals surface area (Å²) in [5.41, 5.74) is 1.24. The van der Waals surface area contributed by atoms with E-state index in [4.69, 9.17) is 11.6 Å². The van der Waals surface area contributed by atoms with Crippen LogP contribution in [0.4, 0.5) is 10.2 Å². The largest absolute Gasteiger partial charge is 0.356 e. The zero-order valence-corrected chi connectivity index (χ0v) is 16.0. The van der Waals surface area contributed by atoms with Crippen LogP contribution in [0.2, 0.25) is 5.02 Å². The third-order valence-electron chi connectivity index (χ3n) is 4.09. The number of nitrogens with one attached hydrogen (secondary N) is 3. The minimum atomic E-state index is -0.976. The summed E-state index contributed by atoms with van der Waals surface area (Å²) in [7, 11) is 0. The molecule has 3 aromatic rings. The van der Waals surface area contributed by atoms with Crippen LogP contribution in [0.25, 0.3) is 22.4 Å². The molecule has 7 nitrogen and oxygen atoms in total. The van der Waals surface area contributed by atoms with E-state index in [1.165, 1.54) is 0 Å². The number of pyridine rings is 1. The number of aromatic nitrogens is 4. The lowest BCUT2D eigenvalue weighted by Gasteiger charge is -2.26. The lowest BCUT2D eigenvalue weighted by molar-refractivity contribution is -0.124. The normalized spacial score (nSPS) is 11.6. The van der Waals surface area contributed by atoms with Crippen molar-refractivity contribution < 1.29 is 9.18 Å². The summed E-state index contributed by atoms with van der Waals surface area (Å²) in [6, 6.07) is 1.79. The number of alkyl halides is 1. The number of rotatable bonds is 6. The van der Waals surface area contributed by atoms with Crippen molar-refractivity contribution in [3.05, 3.63) is 35.2 Å². The van der Waals surface area contributed by atoms with Gasteiger partial charge in [-0.05, 0) is 26.8 Å². The molecule has 0 aliphatic carbocycles. The summed E-state index contributed by atoms with van der Waals surface area (Å²) in [6.07, 6.45) is 5.00. The maximum absolute atomic E-state index is 12.3. The molecule has 0 bridgehead atoms. The van der Waals surface area contributed by atoms with Crippen molar-refractivity contribution in [2.75, 3.05) is 18.5 Å². The molecule has 0 spiro atoms. The number of carbonyl (C=O) groups excluding carboxylic acids is 1. The Morgan fingerprint density at radius 2 is 2.11 bits per heavy atom. The summed E-state index contributed by atoms with van der Waals surface area (Å²) in [4.78, 5) is 28.5. The Hall–Kier alpha value is -2.74. The second-order valence-corrected chi connectivity index (χ2v) is 7.11. The number of fused-ring (bicyclic) bond motifs is 1. The molecule has 0 atom stereocenters. The molecule has 0 aromatic carbocycles. The third-order valence-corrected chi connectivity index (χ3v) is 4.30. The van der Waals surface area contributed by atoms with Gasteiger partial charge in [0.05, 0.1) is 5.02 Å². The van der Waals surface area contributed by atoms with Crippen molar-refractivity contribution in [3.63, 3.8) is 0 Å². The molecule has 0 unspecified atom stereocenters. The number of anilines is 1. The van der Waals surface area contributed by atoms with Gasteiger partial charge >= 0.3 is 0 Å². The van der Waals surface area contributed by atoms with Crippen molar-refractivity contribution in [3.8, 4) is 11.4 Å². The Kier molecular flexibility index (Phi) is 5.27. The van der Waals surface area contributed by atoms with Crippen LogP contribution in [0.15, 0.2) is 24.7 Å². The number of amides is 1. The molecule has 142 valence electrons. The SMILES string of the molecule is Cc1cnc(-c2c[nH]c3ncc(Cl)cc23)nc1NC(C)(C)C(=O)NCCF. The van der Waals surface area contributed by atoms with Gasteiger partial charge in [-0.1, -0.05) is 11.6 Å². The minimum Gasteiger partial charge on any atom is -0.356 e. The van der Waals surface area contributed by atoms with Crippen LogP contribution in [-0.2, 0) is 4.79 Å². The van der Waals surface area contributed by atoms with E-state index in [9.17, 15) is 9.18 Å². The van der Waals surface area contributed by atoms with Gasteiger partial charge in [0.1, 0.15) is 23.7 Å². The van der Waals surface area contributed by atoms with Gasteiger partial charge in [-0.2, -0.15) is 0 Å². The van der Waals surface area contributed by atoms with Crippen LogP contribution >= 0.6 is 11.6 Å². The molecule has 3 rings (SSSR count). The van der Waals surface area contributed by atoms with E-state index >= 15 is 0 Å². The summed E-state index contributed by atoms with van der Waals surface area (Å²) < 4.78 is 12.3. The molecular formula is C18H20ClFN6O. The van der Waals surface area contributed by atoms with Crippen molar-refractivity contribution in [1.29, 1.82) is 0 Å². The van der Waals surface area contributed by atoms with Gasteiger partial charge in [0.2, 0.25) is 5.91 Å². The van der Waals surface area contributed by atoms with Gasteiger partial charge in [-0.15, -0.1) is 0 Å². The van der Waals surface area contributed by atoms with Crippen LogP contribution < -0.4 is 10.6 Å². The molecule has 0 aliphatic rings. The van der Waals surface area contributed by atoms with E-state index in [2.05, 4.69) is 30.6 Å². The summed E-state index contributed by atoms with van der Waals surface area (Å²) in [5.74, 6) is 0.672. The Balaban J connectivity index is 1.94. The monoisotopic (exact) mass is 390 g/mol. The van der Waals surface area contributed by atoms with E-state index in [1.54, 1.807) is 38.5 Å². The highest BCUT2D eigenvalue weighted by atomic mass is 35.5.